The van der Waals surface area contributed by atoms with Crippen molar-refractivity contribution in [3.05, 3.63) is 41.0 Å². The molecular formula is C12H11F3N4O. The fourth-order valence-electron chi connectivity index (χ4n) is 1.77. The SMILES string of the molecule is Cc1nn(C)c(C(=O)Nc2cc(F)cc(F)c2F)c1N. The van der Waals surface area contributed by atoms with Gasteiger partial charge in [0.05, 0.1) is 17.1 Å². The molecule has 0 atom stereocenters. The lowest BCUT2D eigenvalue weighted by molar-refractivity contribution is 0.101. The van der Waals surface area contributed by atoms with Crippen LogP contribution in [0.3, 0.4) is 0 Å². The van der Waals surface area contributed by atoms with E-state index in [1.165, 1.54) is 11.7 Å². The average Bonchev–Trinajstić information content (AvgIpc) is 2.59. The van der Waals surface area contributed by atoms with Crippen molar-refractivity contribution >= 4 is 17.3 Å². The van der Waals surface area contributed by atoms with Crippen molar-refractivity contribution in [3.63, 3.8) is 0 Å². The first kappa shape index (κ1) is 13.9. The molecule has 1 aromatic carbocycles. The molecular weight excluding hydrogens is 273 g/mol. The maximum absolute atomic E-state index is 13.5. The fraction of sp³-hybridized carbons (Fsp3) is 0.167. The van der Waals surface area contributed by atoms with Crippen molar-refractivity contribution in [2.24, 2.45) is 7.05 Å². The number of amides is 1. The van der Waals surface area contributed by atoms with Crippen molar-refractivity contribution in [2.45, 2.75) is 6.92 Å². The summed E-state index contributed by atoms with van der Waals surface area (Å²) in [6, 6.07) is 1.06. The molecule has 1 aromatic heterocycles. The van der Waals surface area contributed by atoms with Gasteiger partial charge in [-0.3, -0.25) is 9.48 Å². The van der Waals surface area contributed by atoms with Crippen LogP contribution in [0.25, 0.3) is 0 Å². The Morgan fingerprint density at radius 3 is 2.55 bits per heavy atom. The van der Waals surface area contributed by atoms with Crippen LogP contribution in [0.2, 0.25) is 0 Å². The van der Waals surface area contributed by atoms with Gasteiger partial charge in [0.25, 0.3) is 5.91 Å². The number of hydrogen-bond acceptors (Lipinski definition) is 3. The summed E-state index contributed by atoms with van der Waals surface area (Å²) in [5.74, 6) is -4.56. The van der Waals surface area contributed by atoms with Crippen molar-refractivity contribution in [1.82, 2.24) is 9.78 Å². The zero-order chi connectivity index (χ0) is 15.0. The van der Waals surface area contributed by atoms with Gasteiger partial charge in [0.15, 0.2) is 11.6 Å². The monoisotopic (exact) mass is 284 g/mol. The van der Waals surface area contributed by atoms with Gasteiger partial charge in [0, 0.05) is 19.2 Å². The summed E-state index contributed by atoms with van der Waals surface area (Å²) < 4.78 is 40.7. The quantitative estimate of drug-likeness (QED) is 0.828. The van der Waals surface area contributed by atoms with E-state index in [2.05, 4.69) is 10.4 Å². The first-order chi connectivity index (χ1) is 9.31. The minimum Gasteiger partial charge on any atom is -0.395 e. The van der Waals surface area contributed by atoms with Gasteiger partial charge in [0.2, 0.25) is 0 Å². The molecule has 0 aliphatic heterocycles. The molecule has 0 spiro atoms. The Balaban J connectivity index is 2.38. The molecule has 0 unspecified atom stereocenters. The van der Waals surface area contributed by atoms with E-state index >= 15 is 0 Å². The predicted molar refractivity (Wildman–Crippen MR) is 66.6 cm³/mol. The van der Waals surface area contributed by atoms with Crippen molar-refractivity contribution in [2.75, 3.05) is 11.1 Å². The van der Waals surface area contributed by atoms with E-state index in [0.29, 0.717) is 17.8 Å². The van der Waals surface area contributed by atoms with Gasteiger partial charge in [-0.1, -0.05) is 0 Å². The minimum atomic E-state index is -1.39. The van der Waals surface area contributed by atoms with Crippen molar-refractivity contribution < 1.29 is 18.0 Å². The van der Waals surface area contributed by atoms with Crippen LogP contribution in [0.5, 0.6) is 0 Å². The van der Waals surface area contributed by atoms with Crippen LogP contribution in [0.4, 0.5) is 24.5 Å². The van der Waals surface area contributed by atoms with Gasteiger partial charge in [-0.2, -0.15) is 5.10 Å². The Bertz CT molecular complexity index is 696. The first-order valence-electron chi connectivity index (χ1n) is 5.56. The molecule has 2 aromatic rings. The highest BCUT2D eigenvalue weighted by molar-refractivity contribution is 6.06. The van der Waals surface area contributed by atoms with E-state index in [1.54, 1.807) is 6.92 Å². The molecule has 0 radical (unpaired) electrons. The van der Waals surface area contributed by atoms with Gasteiger partial charge < -0.3 is 11.1 Å². The Morgan fingerprint density at radius 1 is 1.35 bits per heavy atom. The molecule has 20 heavy (non-hydrogen) atoms. The Labute approximate surface area is 112 Å². The van der Waals surface area contributed by atoms with E-state index in [9.17, 15) is 18.0 Å². The number of nitrogens with one attached hydrogen (secondary N) is 1. The summed E-state index contributed by atoms with van der Waals surface area (Å²) in [5, 5.41) is 5.99. The maximum Gasteiger partial charge on any atom is 0.276 e. The molecule has 5 nitrogen and oxygen atoms in total. The zero-order valence-electron chi connectivity index (χ0n) is 10.7. The lowest BCUT2D eigenvalue weighted by atomic mass is 10.2. The number of carbonyl (C=O) groups excluding carboxylic acids is 1. The van der Waals surface area contributed by atoms with Crippen LogP contribution in [0, 0.1) is 24.4 Å². The van der Waals surface area contributed by atoms with Crippen LogP contribution in [0.1, 0.15) is 16.2 Å². The minimum absolute atomic E-state index is 0.0217. The third-order valence-corrected chi connectivity index (χ3v) is 2.72. The van der Waals surface area contributed by atoms with Crippen molar-refractivity contribution in [3.8, 4) is 0 Å². The number of nitrogens with two attached hydrogens (primary N) is 1. The number of aryl methyl sites for hydroxylation is 2. The molecule has 0 aliphatic carbocycles. The summed E-state index contributed by atoms with van der Waals surface area (Å²) in [6.07, 6.45) is 0. The highest BCUT2D eigenvalue weighted by Gasteiger charge is 2.20. The maximum atomic E-state index is 13.5. The molecule has 0 bridgehead atoms. The second kappa shape index (κ2) is 4.87. The van der Waals surface area contributed by atoms with Crippen LogP contribution in [-0.4, -0.2) is 15.7 Å². The molecule has 0 aliphatic rings. The third kappa shape index (κ3) is 2.31. The van der Waals surface area contributed by atoms with Gasteiger partial charge >= 0.3 is 0 Å². The highest BCUT2D eigenvalue weighted by atomic mass is 19.2. The molecule has 1 amide bonds. The molecule has 0 fully saturated rings. The Hall–Kier alpha value is -2.51. The van der Waals surface area contributed by atoms with E-state index in [4.69, 9.17) is 5.73 Å². The zero-order valence-corrected chi connectivity index (χ0v) is 10.7. The van der Waals surface area contributed by atoms with E-state index in [1.807, 2.05) is 0 Å². The topological polar surface area (TPSA) is 72.9 Å². The van der Waals surface area contributed by atoms with E-state index in [-0.39, 0.29) is 11.4 Å². The van der Waals surface area contributed by atoms with Gasteiger partial charge in [-0.25, -0.2) is 13.2 Å². The summed E-state index contributed by atoms with van der Waals surface area (Å²) >= 11 is 0. The Kier molecular flexibility index (Phi) is 3.39. The lowest BCUT2D eigenvalue weighted by Crippen LogP contribution is -2.18. The number of halogens is 3. The summed E-state index contributed by atoms with van der Waals surface area (Å²) in [7, 11) is 1.47. The number of nitrogens with zero attached hydrogens (tertiary/aromatic N) is 2. The second-order valence-corrected chi connectivity index (χ2v) is 4.17. The molecule has 0 saturated heterocycles. The number of rotatable bonds is 2. The van der Waals surface area contributed by atoms with Gasteiger partial charge in [-0.05, 0) is 6.92 Å². The smallest absolute Gasteiger partial charge is 0.276 e. The van der Waals surface area contributed by atoms with E-state index < -0.39 is 29.0 Å². The van der Waals surface area contributed by atoms with Gasteiger partial charge in [-0.15, -0.1) is 0 Å². The van der Waals surface area contributed by atoms with Crippen LogP contribution in [-0.2, 0) is 7.05 Å². The van der Waals surface area contributed by atoms with Gasteiger partial charge in [0.1, 0.15) is 11.5 Å². The van der Waals surface area contributed by atoms with Crippen molar-refractivity contribution in [1.29, 1.82) is 0 Å². The number of benzene rings is 1. The number of carbonyl (C=O) groups is 1. The molecule has 1 heterocycles. The number of anilines is 2. The molecule has 2 rings (SSSR count). The number of aromatic nitrogens is 2. The molecule has 0 saturated carbocycles. The predicted octanol–water partition coefficient (Wildman–Crippen LogP) is 1.98. The number of nitrogen functional groups attached to an aromatic ring is 1. The highest BCUT2D eigenvalue weighted by Crippen LogP contribution is 2.22. The third-order valence-electron chi connectivity index (χ3n) is 2.72. The number of hydrogen-bond donors (Lipinski definition) is 2. The summed E-state index contributed by atoms with van der Waals surface area (Å²) in [5.41, 5.74) is 5.58. The fourth-order valence-corrected chi connectivity index (χ4v) is 1.77. The van der Waals surface area contributed by atoms with E-state index in [0.717, 1.165) is 0 Å². The Morgan fingerprint density at radius 2 is 2.00 bits per heavy atom. The molecule has 8 heteroatoms. The van der Waals surface area contributed by atoms with Crippen LogP contribution in [0.15, 0.2) is 12.1 Å². The summed E-state index contributed by atoms with van der Waals surface area (Å²) in [4.78, 5) is 12.0. The molecule has 106 valence electrons. The average molecular weight is 284 g/mol. The van der Waals surface area contributed by atoms with Crippen LogP contribution < -0.4 is 11.1 Å². The van der Waals surface area contributed by atoms with Crippen LogP contribution >= 0.6 is 0 Å². The summed E-state index contributed by atoms with van der Waals surface area (Å²) in [6.45, 7) is 1.59. The standard InChI is InChI=1S/C12H11F3N4O/c1-5-10(16)11(19(2)18-5)12(20)17-8-4-6(13)3-7(14)9(8)15/h3-4H,16H2,1-2H3,(H,17,20). The second-order valence-electron chi connectivity index (χ2n) is 4.17. The normalized spacial score (nSPS) is 10.7. The molecule has 3 N–H and O–H groups in total. The lowest BCUT2D eigenvalue weighted by Gasteiger charge is -2.08. The largest absolute Gasteiger partial charge is 0.395 e. The first-order valence-corrected chi connectivity index (χ1v) is 5.56.